The summed E-state index contributed by atoms with van der Waals surface area (Å²) in [5, 5.41) is 3.50. The van der Waals surface area contributed by atoms with Crippen molar-refractivity contribution in [2.75, 3.05) is 7.05 Å². The Labute approximate surface area is 119 Å². The molecule has 1 nitrogen and oxygen atoms in total. The smallest absolute Gasteiger partial charge is 0.0178 e. The molecule has 1 aromatic rings. The molecule has 0 bridgehead atoms. The summed E-state index contributed by atoms with van der Waals surface area (Å²) >= 11 is 3.55. The number of nitrogens with one attached hydrogen (secondary N) is 1. The Kier molecular flexibility index (Phi) is 5.71. The van der Waals surface area contributed by atoms with E-state index in [4.69, 9.17) is 0 Å². The lowest BCUT2D eigenvalue weighted by Gasteiger charge is -2.26. The third-order valence-corrected chi connectivity index (χ3v) is 4.62. The van der Waals surface area contributed by atoms with Crippen molar-refractivity contribution in [1.29, 1.82) is 0 Å². The molecule has 0 aromatic heterocycles. The monoisotopic (exact) mass is 309 g/mol. The highest BCUT2D eigenvalue weighted by molar-refractivity contribution is 9.10. The predicted octanol–water partition coefficient (Wildman–Crippen LogP) is 4.55. The van der Waals surface area contributed by atoms with Crippen molar-refractivity contribution in [2.24, 2.45) is 5.92 Å². The normalized spacial score (nSPS) is 18.8. The highest BCUT2D eigenvalue weighted by Gasteiger charge is 2.18. The van der Waals surface area contributed by atoms with Gasteiger partial charge in [0.1, 0.15) is 0 Å². The van der Waals surface area contributed by atoms with Gasteiger partial charge >= 0.3 is 0 Å². The average Bonchev–Trinajstić information content (AvgIpc) is 2.39. The van der Waals surface area contributed by atoms with Gasteiger partial charge in [-0.05, 0) is 43.5 Å². The van der Waals surface area contributed by atoms with Crippen LogP contribution in [0.25, 0.3) is 0 Å². The summed E-state index contributed by atoms with van der Waals surface area (Å²) in [5.74, 6) is 0.948. The van der Waals surface area contributed by atoms with Crippen molar-refractivity contribution in [2.45, 2.75) is 51.0 Å². The molecule has 100 valence electrons. The quantitative estimate of drug-likeness (QED) is 0.841. The van der Waals surface area contributed by atoms with Gasteiger partial charge in [-0.2, -0.15) is 0 Å². The van der Waals surface area contributed by atoms with Crippen molar-refractivity contribution in [3.05, 3.63) is 34.3 Å². The van der Waals surface area contributed by atoms with Crippen LogP contribution in [0.3, 0.4) is 0 Å². The summed E-state index contributed by atoms with van der Waals surface area (Å²) in [5.41, 5.74) is 1.43. The first kappa shape index (κ1) is 14.1. The summed E-state index contributed by atoms with van der Waals surface area (Å²) in [7, 11) is 2.10. The second-order valence-electron chi connectivity index (χ2n) is 5.56. The molecule has 0 radical (unpaired) electrons. The van der Waals surface area contributed by atoms with Gasteiger partial charge in [-0.25, -0.2) is 0 Å². The van der Waals surface area contributed by atoms with Crippen LogP contribution in [-0.2, 0) is 6.42 Å². The van der Waals surface area contributed by atoms with E-state index in [-0.39, 0.29) is 0 Å². The lowest BCUT2D eigenvalue weighted by atomic mass is 9.83. The minimum absolute atomic E-state index is 0.627. The third kappa shape index (κ3) is 4.40. The zero-order valence-electron chi connectivity index (χ0n) is 11.3. The molecule has 0 spiro atoms. The Balaban J connectivity index is 1.88. The maximum absolute atomic E-state index is 3.55. The Morgan fingerprint density at radius 2 is 2.06 bits per heavy atom. The fourth-order valence-corrected chi connectivity index (χ4v) is 3.52. The van der Waals surface area contributed by atoms with Gasteiger partial charge in [0.15, 0.2) is 0 Å². The zero-order valence-corrected chi connectivity index (χ0v) is 12.9. The van der Waals surface area contributed by atoms with Crippen LogP contribution in [0.2, 0.25) is 0 Å². The molecule has 2 rings (SSSR count). The van der Waals surface area contributed by atoms with Crippen LogP contribution in [0.15, 0.2) is 28.7 Å². The van der Waals surface area contributed by atoms with Gasteiger partial charge in [0.25, 0.3) is 0 Å². The highest BCUT2D eigenvalue weighted by Crippen LogP contribution is 2.28. The first-order valence-electron chi connectivity index (χ1n) is 7.19. The molecular formula is C16H24BrN. The standard InChI is InChI=1S/C16H24BrN/c1-18-16(11-13-6-3-2-4-7-13)12-14-8-5-9-15(17)10-14/h5,8-10,13,16,18H,2-4,6-7,11-12H2,1H3. The van der Waals surface area contributed by atoms with Crippen LogP contribution in [0.1, 0.15) is 44.1 Å². The van der Waals surface area contributed by atoms with Crippen molar-refractivity contribution in [3.8, 4) is 0 Å². The number of benzene rings is 1. The fraction of sp³-hybridized carbons (Fsp3) is 0.625. The van der Waals surface area contributed by atoms with Crippen molar-refractivity contribution < 1.29 is 0 Å². The van der Waals surface area contributed by atoms with Crippen LogP contribution in [0.5, 0.6) is 0 Å². The number of likely N-dealkylation sites (N-methyl/N-ethyl adjacent to an activating group) is 1. The van der Waals surface area contributed by atoms with Crippen LogP contribution in [0.4, 0.5) is 0 Å². The second-order valence-corrected chi connectivity index (χ2v) is 6.48. The minimum Gasteiger partial charge on any atom is -0.317 e. The van der Waals surface area contributed by atoms with Gasteiger partial charge in [-0.15, -0.1) is 0 Å². The van der Waals surface area contributed by atoms with Gasteiger partial charge in [-0.1, -0.05) is 60.2 Å². The summed E-state index contributed by atoms with van der Waals surface area (Å²) in [6, 6.07) is 9.33. The number of halogens is 1. The molecule has 0 aliphatic heterocycles. The maximum atomic E-state index is 3.55. The Morgan fingerprint density at radius 1 is 1.28 bits per heavy atom. The topological polar surface area (TPSA) is 12.0 Å². The van der Waals surface area contributed by atoms with Crippen LogP contribution in [-0.4, -0.2) is 13.1 Å². The number of rotatable bonds is 5. The first-order chi connectivity index (χ1) is 8.78. The predicted molar refractivity (Wildman–Crippen MR) is 81.9 cm³/mol. The lowest BCUT2D eigenvalue weighted by Crippen LogP contribution is -2.30. The first-order valence-corrected chi connectivity index (χ1v) is 7.99. The van der Waals surface area contributed by atoms with E-state index in [9.17, 15) is 0 Å². The van der Waals surface area contributed by atoms with Crippen LogP contribution in [0, 0.1) is 5.92 Å². The number of hydrogen-bond donors (Lipinski definition) is 1. The van der Waals surface area contributed by atoms with Gasteiger partial charge in [0.2, 0.25) is 0 Å². The maximum Gasteiger partial charge on any atom is 0.0178 e. The molecular weight excluding hydrogens is 286 g/mol. The number of hydrogen-bond acceptors (Lipinski definition) is 1. The van der Waals surface area contributed by atoms with E-state index >= 15 is 0 Å². The second kappa shape index (κ2) is 7.30. The average molecular weight is 310 g/mol. The molecule has 1 saturated carbocycles. The molecule has 18 heavy (non-hydrogen) atoms. The summed E-state index contributed by atoms with van der Waals surface area (Å²) < 4.78 is 1.19. The molecule has 1 atom stereocenters. The molecule has 1 fully saturated rings. The molecule has 1 aliphatic carbocycles. The van der Waals surface area contributed by atoms with Crippen molar-refractivity contribution in [3.63, 3.8) is 0 Å². The fourth-order valence-electron chi connectivity index (χ4n) is 3.08. The van der Waals surface area contributed by atoms with Crippen molar-refractivity contribution >= 4 is 15.9 Å². The van der Waals surface area contributed by atoms with E-state index in [1.54, 1.807) is 0 Å². The molecule has 2 heteroatoms. The summed E-state index contributed by atoms with van der Waals surface area (Å²) in [6.07, 6.45) is 9.70. The largest absolute Gasteiger partial charge is 0.317 e. The van der Waals surface area contributed by atoms with Crippen molar-refractivity contribution in [1.82, 2.24) is 5.32 Å². The van der Waals surface area contributed by atoms with E-state index in [0.29, 0.717) is 6.04 Å². The molecule has 0 heterocycles. The van der Waals surface area contributed by atoms with Crippen LogP contribution < -0.4 is 5.32 Å². The van der Waals surface area contributed by atoms with Gasteiger partial charge in [0, 0.05) is 10.5 Å². The van der Waals surface area contributed by atoms with E-state index in [1.165, 1.54) is 48.6 Å². The van der Waals surface area contributed by atoms with Crippen LogP contribution >= 0.6 is 15.9 Å². The van der Waals surface area contributed by atoms with E-state index in [0.717, 1.165) is 12.3 Å². The minimum atomic E-state index is 0.627. The summed E-state index contributed by atoms with van der Waals surface area (Å²) in [4.78, 5) is 0. The molecule has 1 aliphatic rings. The lowest BCUT2D eigenvalue weighted by molar-refractivity contribution is 0.302. The molecule has 1 N–H and O–H groups in total. The van der Waals surface area contributed by atoms with Gasteiger partial charge < -0.3 is 5.32 Å². The third-order valence-electron chi connectivity index (χ3n) is 4.12. The van der Waals surface area contributed by atoms with Gasteiger partial charge in [-0.3, -0.25) is 0 Å². The molecule has 0 amide bonds. The summed E-state index contributed by atoms with van der Waals surface area (Å²) in [6.45, 7) is 0. The highest BCUT2D eigenvalue weighted by atomic mass is 79.9. The Hall–Kier alpha value is -0.340. The molecule has 1 aromatic carbocycles. The van der Waals surface area contributed by atoms with Gasteiger partial charge in [0.05, 0.1) is 0 Å². The zero-order chi connectivity index (χ0) is 12.8. The van der Waals surface area contributed by atoms with E-state index in [2.05, 4.69) is 52.6 Å². The molecule has 0 saturated heterocycles. The Bertz CT molecular complexity index is 358. The Morgan fingerprint density at radius 3 is 2.72 bits per heavy atom. The van der Waals surface area contributed by atoms with E-state index < -0.39 is 0 Å². The molecule has 1 unspecified atom stereocenters. The van der Waals surface area contributed by atoms with E-state index in [1.807, 2.05) is 0 Å². The SMILES string of the molecule is CNC(Cc1cccc(Br)c1)CC1CCCCC1.